The van der Waals surface area contributed by atoms with Crippen molar-refractivity contribution in [2.45, 2.75) is 39.2 Å². The first kappa shape index (κ1) is 13.5. The summed E-state index contributed by atoms with van der Waals surface area (Å²) < 4.78 is 0. The van der Waals surface area contributed by atoms with Crippen molar-refractivity contribution in [3.63, 3.8) is 0 Å². The van der Waals surface area contributed by atoms with E-state index in [-0.39, 0.29) is 23.7 Å². The van der Waals surface area contributed by atoms with Gasteiger partial charge in [0, 0.05) is 32.5 Å². The number of hydrogen-bond acceptors (Lipinski definition) is 4. The van der Waals surface area contributed by atoms with Gasteiger partial charge in [-0.25, -0.2) is 4.98 Å². The van der Waals surface area contributed by atoms with E-state index in [1.807, 2.05) is 6.92 Å². The second-order valence-electron chi connectivity index (χ2n) is 4.79. The van der Waals surface area contributed by atoms with E-state index in [0.29, 0.717) is 13.1 Å². The Morgan fingerprint density at radius 2 is 2.32 bits per heavy atom. The summed E-state index contributed by atoms with van der Waals surface area (Å²) in [4.78, 5) is 29.0. The summed E-state index contributed by atoms with van der Waals surface area (Å²) in [6.07, 6.45) is 2.52. The molecule has 2 amide bonds. The SMILES string of the molecule is CCCc1nc(C(=O)N2CCC(NC(C)=O)C2)n[nH]1. The summed E-state index contributed by atoms with van der Waals surface area (Å²) in [5, 5.41) is 9.55. The van der Waals surface area contributed by atoms with Crippen LogP contribution in [0.1, 0.15) is 43.1 Å². The Balaban J connectivity index is 1.94. The Labute approximate surface area is 111 Å². The maximum atomic E-state index is 12.2. The second kappa shape index (κ2) is 5.81. The third-order valence-electron chi connectivity index (χ3n) is 3.09. The molecule has 2 N–H and O–H groups in total. The number of carbonyl (C=O) groups excluding carboxylic acids is 2. The number of H-pyrrole nitrogens is 1. The molecule has 1 aliphatic rings. The zero-order valence-corrected chi connectivity index (χ0v) is 11.3. The summed E-state index contributed by atoms with van der Waals surface area (Å²) in [5.74, 6) is 0.712. The summed E-state index contributed by atoms with van der Waals surface area (Å²) in [5.41, 5.74) is 0. The average Bonchev–Trinajstić information content (AvgIpc) is 2.97. The molecule has 0 radical (unpaired) electrons. The molecule has 1 fully saturated rings. The molecule has 7 heteroatoms. The van der Waals surface area contributed by atoms with Crippen molar-refractivity contribution < 1.29 is 9.59 Å². The quantitative estimate of drug-likeness (QED) is 0.808. The van der Waals surface area contributed by atoms with E-state index in [9.17, 15) is 9.59 Å². The molecule has 1 aromatic heterocycles. The van der Waals surface area contributed by atoms with Crippen molar-refractivity contribution in [2.24, 2.45) is 0 Å². The minimum atomic E-state index is -0.175. The van der Waals surface area contributed by atoms with Crippen LogP contribution in [-0.4, -0.2) is 51.0 Å². The molecule has 1 saturated heterocycles. The Morgan fingerprint density at radius 1 is 1.53 bits per heavy atom. The first-order chi connectivity index (χ1) is 9.10. The monoisotopic (exact) mass is 265 g/mol. The van der Waals surface area contributed by atoms with Gasteiger partial charge in [-0.3, -0.25) is 14.7 Å². The van der Waals surface area contributed by atoms with Crippen LogP contribution >= 0.6 is 0 Å². The van der Waals surface area contributed by atoms with Gasteiger partial charge < -0.3 is 10.2 Å². The van der Waals surface area contributed by atoms with Gasteiger partial charge in [0.25, 0.3) is 5.91 Å². The molecule has 1 aliphatic heterocycles. The van der Waals surface area contributed by atoms with E-state index in [0.717, 1.165) is 25.1 Å². The van der Waals surface area contributed by atoms with Crippen LogP contribution in [0.5, 0.6) is 0 Å². The number of carbonyl (C=O) groups is 2. The van der Waals surface area contributed by atoms with E-state index in [1.54, 1.807) is 4.90 Å². The van der Waals surface area contributed by atoms with Gasteiger partial charge in [0.15, 0.2) is 0 Å². The lowest BCUT2D eigenvalue weighted by molar-refractivity contribution is -0.119. The van der Waals surface area contributed by atoms with Crippen molar-refractivity contribution in [3.8, 4) is 0 Å². The van der Waals surface area contributed by atoms with Gasteiger partial charge in [0.1, 0.15) is 5.82 Å². The summed E-state index contributed by atoms with van der Waals surface area (Å²) >= 11 is 0. The van der Waals surface area contributed by atoms with Crippen molar-refractivity contribution in [3.05, 3.63) is 11.6 Å². The molecule has 2 rings (SSSR count). The van der Waals surface area contributed by atoms with Crippen LogP contribution in [0.15, 0.2) is 0 Å². The number of likely N-dealkylation sites (tertiary alicyclic amines) is 1. The normalized spacial score (nSPS) is 18.6. The number of aromatic nitrogens is 3. The lowest BCUT2D eigenvalue weighted by Gasteiger charge is -2.14. The zero-order valence-electron chi connectivity index (χ0n) is 11.3. The highest BCUT2D eigenvalue weighted by atomic mass is 16.2. The number of aromatic amines is 1. The Hall–Kier alpha value is -1.92. The van der Waals surface area contributed by atoms with Crippen LogP contribution in [0.3, 0.4) is 0 Å². The highest BCUT2D eigenvalue weighted by Crippen LogP contribution is 2.12. The van der Waals surface area contributed by atoms with Crippen molar-refractivity contribution in [2.75, 3.05) is 13.1 Å². The fourth-order valence-corrected chi connectivity index (χ4v) is 2.23. The van der Waals surface area contributed by atoms with Crippen molar-refractivity contribution in [1.82, 2.24) is 25.4 Å². The van der Waals surface area contributed by atoms with Crippen LogP contribution in [0, 0.1) is 0 Å². The van der Waals surface area contributed by atoms with Gasteiger partial charge in [0.05, 0.1) is 0 Å². The van der Waals surface area contributed by atoms with Crippen LogP contribution in [-0.2, 0) is 11.2 Å². The zero-order chi connectivity index (χ0) is 13.8. The van der Waals surface area contributed by atoms with Gasteiger partial charge >= 0.3 is 0 Å². The van der Waals surface area contributed by atoms with Gasteiger partial charge in [-0.15, -0.1) is 5.10 Å². The van der Waals surface area contributed by atoms with E-state index < -0.39 is 0 Å². The Kier molecular flexibility index (Phi) is 4.13. The molecular weight excluding hydrogens is 246 g/mol. The smallest absolute Gasteiger partial charge is 0.293 e. The van der Waals surface area contributed by atoms with Gasteiger partial charge in [-0.2, -0.15) is 0 Å². The largest absolute Gasteiger partial charge is 0.352 e. The predicted octanol–water partition coefficient (Wildman–Crippen LogP) is 0.108. The Morgan fingerprint density at radius 3 is 3.00 bits per heavy atom. The third kappa shape index (κ3) is 3.30. The molecule has 2 heterocycles. The van der Waals surface area contributed by atoms with Gasteiger partial charge in [0.2, 0.25) is 11.7 Å². The lowest BCUT2D eigenvalue weighted by Crippen LogP contribution is -2.37. The molecule has 1 atom stereocenters. The van der Waals surface area contributed by atoms with E-state index in [1.165, 1.54) is 6.92 Å². The highest BCUT2D eigenvalue weighted by Gasteiger charge is 2.29. The molecule has 0 aromatic carbocycles. The number of hydrogen-bond donors (Lipinski definition) is 2. The average molecular weight is 265 g/mol. The molecular formula is C12H19N5O2. The second-order valence-corrected chi connectivity index (χ2v) is 4.79. The molecule has 19 heavy (non-hydrogen) atoms. The molecule has 0 bridgehead atoms. The van der Waals surface area contributed by atoms with Gasteiger partial charge in [-0.1, -0.05) is 6.92 Å². The van der Waals surface area contributed by atoms with E-state index in [4.69, 9.17) is 0 Å². The van der Waals surface area contributed by atoms with Crippen LogP contribution in [0.2, 0.25) is 0 Å². The van der Waals surface area contributed by atoms with Crippen LogP contribution in [0.4, 0.5) is 0 Å². The minimum absolute atomic E-state index is 0.0375. The number of aryl methyl sites for hydroxylation is 1. The molecule has 0 aliphatic carbocycles. The molecule has 0 spiro atoms. The first-order valence-corrected chi connectivity index (χ1v) is 6.57. The summed E-state index contributed by atoms with van der Waals surface area (Å²) in [6.45, 7) is 4.68. The van der Waals surface area contributed by atoms with E-state index >= 15 is 0 Å². The van der Waals surface area contributed by atoms with Crippen molar-refractivity contribution >= 4 is 11.8 Å². The maximum Gasteiger partial charge on any atom is 0.293 e. The van der Waals surface area contributed by atoms with Crippen LogP contribution < -0.4 is 5.32 Å². The minimum Gasteiger partial charge on any atom is -0.352 e. The standard InChI is InChI=1S/C12H19N5O2/c1-3-4-10-14-11(16-15-10)12(19)17-6-5-9(7-17)13-8(2)18/h9H,3-7H2,1-2H3,(H,13,18)(H,14,15,16). The number of amides is 2. The molecule has 104 valence electrons. The van der Waals surface area contributed by atoms with Crippen molar-refractivity contribution in [1.29, 1.82) is 0 Å². The maximum absolute atomic E-state index is 12.2. The number of nitrogens with one attached hydrogen (secondary N) is 2. The lowest BCUT2D eigenvalue weighted by atomic mass is 10.3. The molecule has 1 unspecified atom stereocenters. The molecule has 1 aromatic rings. The molecule has 7 nitrogen and oxygen atoms in total. The Bertz CT molecular complexity index is 470. The fraction of sp³-hybridized carbons (Fsp3) is 0.667. The summed E-state index contributed by atoms with van der Waals surface area (Å²) in [6, 6.07) is 0.0375. The topological polar surface area (TPSA) is 91.0 Å². The number of nitrogens with zero attached hydrogens (tertiary/aromatic N) is 3. The third-order valence-corrected chi connectivity index (χ3v) is 3.09. The highest BCUT2D eigenvalue weighted by molar-refractivity contribution is 5.90. The first-order valence-electron chi connectivity index (χ1n) is 6.57. The summed E-state index contributed by atoms with van der Waals surface area (Å²) in [7, 11) is 0. The van der Waals surface area contributed by atoms with E-state index in [2.05, 4.69) is 20.5 Å². The number of rotatable bonds is 4. The van der Waals surface area contributed by atoms with Crippen LogP contribution in [0.25, 0.3) is 0 Å². The predicted molar refractivity (Wildman–Crippen MR) is 68.5 cm³/mol. The fourth-order valence-electron chi connectivity index (χ4n) is 2.23. The molecule has 0 saturated carbocycles. The van der Waals surface area contributed by atoms with Gasteiger partial charge in [-0.05, 0) is 12.8 Å².